The summed E-state index contributed by atoms with van der Waals surface area (Å²) in [6, 6.07) is 16.5. The second kappa shape index (κ2) is 6.62. The highest BCUT2D eigenvalue weighted by Crippen LogP contribution is 2.38. The van der Waals surface area contributed by atoms with Crippen molar-refractivity contribution < 1.29 is 4.79 Å². The Morgan fingerprint density at radius 2 is 2.04 bits per heavy atom. The van der Waals surface area contributed by atoms with E-state index in [1.54, 1.807) is 22.7 Å². The van der Waals surface area contributed by atoms with Crippen molar-refractivity contribution in [2.45, 2.75) is 25.8 Å². The van der Waals surface area contributed by atoms with E-state index >= 15 is 0 Å². The van der Waals surface area contributed by atoms with E-state index in [2.05, 4.69) is 22.6 Å². The molecular weight excluding hydrogens is 374 g/mol. The summed E-state index contributed by atoms with van der Waals surface area (Å²) in [4.78, 5) is 18.5. The van der Waals surface area contributed by atoms with Gasteiger partial charge in [0.25, 0.3) is 5.91 Å². The third-order valence-corrected chi connectivity index (χ3v) is 7.21. The number of aromatic nitrogens is 2. The third-order valence-electron chi connectivity index (χ3n) is 5.14. The summed E-state index contributed by atoms with van der Waals surface area (Å²) in [6.07, 6.45) is 2.12. The number of fused-ring (bicyclic) bond motifs is 1. The van der Waals surface area contributed by atoms with E-state index in [1.807, 2.05) is 52.9 Å². The normalized spacial score (nSPS) is 17.1. The van der Waals surface area contributed by atoms with Crippen molar-refractivity contribution in [1.29, 1.82) is 0 Å². The molecule has 6 heteroatoms. The van der Waals surface area contributed by atoms with E-state index in [0.29, 0.717) is 0 Å². The van der Waals surface area contributed by atoms with Crippen LogP contribution < -0.4 is 0 Å². The largest absolute Gasteiger partial charge is 0.330 e. The zero-order valence-electron chi connectivity index (χ0n) is 15.0. The number of carbonyl (C=O) groups excluding carboxylic acids is 1. The summed E-state index contributed by atoms with van der Waals surface area (Å²) in [5, 5.41) is 7.84. The lowest BCUT2D eigenvalue weighted by atomic mass is 10.2. The zero-order valence-corrected chi connectivity index (χ0v) is 16.6. The molecule has 1 amide bonds. The fraction of sp³-hybridized carbons (Fsp3) is 0.238. The molecule has 136 valence electrons. The smallest absolute Gasteiger partial charge is 0.264 e. The van der Waals surface area contributed by atoms with Crippen LogP contribution in [-0.4, -0.2) is 27.1 Å². The summed E-state index contributed by atoms with van der Waals surface area (Å²) >= 11 is 3.29. The monoisotopic (exact) mass is 393 g/mol. The van der Waals surface area contributed by atoms with Gasteiger partial charge in [0, 0.05) is 16.8 Å². The first-order valence-corrected chi connectivity index (χ1v) is 10.8. The van der Waals surface area contributed by atoms with Crippen molar-refractivity contribution in [1.82, 2.24) is 14.7 Å². The summed E-state index contributed by atoms with van der Waals surface area (Å²) in [5.41, 5.74) is 1.98. The van der Waals surface area contributed by atoms with Crippen molar-refractivity contribution in [2.75, 3.05) is 6.54 Å². The van der Waals surface area contributed by atoms with Crippen LogP contribution in [0.25, 0.3) is 15.9 Å². The first-order chi connectivity index (χ1) is 13.2. The Morgan fingerprint density at radius 1 is 1.19 bits per heavy atom. The zero-order chi connectivity index (χ0) is 18.4. The number of thiophene rings is 2. The van der Waals surface area contributed by atoms with Gasteiger partial charge in [0.15, 0.2) is 0 Å². The molecule has 1 atom stereocenters. The van der Waals surface area contributed by atoms with E-state index in [0.717, 1.165) is 45.9 Å². The molecule has 4 aromatic rings. The average molecular weight is 394 g/mol. The maximum atomic E-state index is 13.3. The molecule has 27 heavy (non-hydrogen) atoms. The Kier molecular flexibility index (Phi) is 4.10. The predicted molar refractivity (Wildman–Crippen MR) is 111 cm³/mol. The maximum absolute atomic E-state index is 13.3. The van der Waals surface area contributed by atoms with Crippen LogP contribution >= 0.6 is 22.7 Å². The highest BCUT2D eigenvalue weighted by atomic mass is 32.1. The molecule has 0 unspecified atom stereocenters. The SMILES string of the molecule is Cc1nn(-c2ccccc2)c2sc(C(=O)N3CCC[C@H]3c3cccs3)cc12. The molecule has 3 aromatic heterocycles. The highest BCUT2D eigenvalue weighted by molar-refractivity contribution is 7.20. The lowest BCUT2D eigenvalue weighted by molar-refractivity contribution is 0.0743. The van der Waals surface area contributed by atoms with Crippen LogP contribution in [0.1, 0.15) is 39.1 Å². The highest BCUT2D eigenvalue weighted by Gasteiger charge is 2.32. The van der Waals surface area contributed by atoms with E-state index in [-0.39, 0.29) is 11.9 Å². The van der Waals surface area contributed by atoms with E-state index in [1.165, 1.54) is 4.88 Å². The topological polar surface area (TPSA) is 38.1 Å². The van der Waals surface area contributed by atoms with Crippen LogP contribution in [0.15, 0.2) is 53.9 Å². The van der Waals surface area contributed by atoms with Gasteiger partial charge in [0.2, 0.25) is 0 Å². The Balaban J connectivity index is 1.53. The van der Waals surface area contributed by atoms with Gasteiger partial charge in [-0.1, -0.05) is 24.3 Å². The van der Waals surface area contributed by atoms with Crippen molar-refractivity contribution in [3.05, 3.63) is 69.4 Å². The Labute approximate surface area is 165 Å². The average Bonchev–Trinajstić information content (AvgIpc) is 3.47. The van der Waals surface area contributed by atoms with Gasteiger partial charge in [-0.05, 0) is 49.4 Å². The van der Waals surface area contributed by atoms with Crippen molar-refractivity contribution in [3.63, 3.8) is 0 Å². The lowest BCUT2D eigenvalue weighted by Gasteiger charge is -2.23. The molecule has 4 nitrogen and oxygen atoms in total. The molecule has 1 aliphatic rings. The van der Waals surface area contributed by atoms with Gasteiger partial charge in [0.05, 0.1) is 22.3 Å². The number of likely N-dealkylation sites (tertiary alicyclic amines) is 1. The van der Waals surface area contributed by atoms with Gasteiger partial charge in [-0.3, -0.25) is 4.79 Å². The Hall–Kier alpha value is -2.44. The van der Waals surface area contributed by atoms with Gasteiger partial charge in [-0.25, -0.2) is 4.68 Å². The Bertz CT molecular complexity index is 1100. The first-order valence-electron chi connectivity index (χ1n) is 9.11. The predicted octanol–water partition coefficient (Wildman–Crippen LogP) is 5.43. The minimum absolute atomic E-state index is 0.145. The van der Waals surface area contributed by atoms with Crippen LogP contribution in [0.2, 0.25) is 0 Å². The van der Waals surface area contributed by atoms with Gasteiger partial charge < -0.3 is 4.90 Å². The fourth-order valence-electron chi connectivity index (χ4n) is 3.82. The molecule has 0 aliphatic carbocycles. The maximum Gasteiger partial charge on any atom is 0.264 e. The minimum Gasteiger partial charge on any atom is -0.330 e. The van der Waals surface area contributed by atoms with Crippen molar-refractivity contribution >= 4 is 38.8 Å². The Morgan fingerprint density at radius 3 is 2.81 bits per heavy atom. The number of hydrogen-bond donors (Lipinski definition) is 0. The number of benzene rings is 1. The van der Waals surface area contributed by atoms with Crippen LogP contribution in [0.5, 0.6) is 0 Å². The summed E-state index contributed by atoms with van der Waals surface area (Å²) in [6.45, 7) is 2.84. The molecule has 0 radical (unpaired) electrons. The molecule has 0 N–H and O–H groups in total. The second-order valence-corrected chi connectivity index (χ2v) is 8.84. The van der Waals surface area contributed by atoms with Crippen molar-refractivity contribution in [2.24, 2.45) is 0 Å². The van der Waals surface area contributed by atoms with Crippen LogP contribution in [-0.2, 0) is 0 Å². The van der Waals surface area contributed by atoms with Gasteiger partial charge in [0.1, 0.15) is 4.83 Å². The van der Waals surface area contributed by atoms with E-state index in [9.17, 15) is 4.79 Å². The number of para-hydroxylation sites is 1. The molecule has 4 heterocycles. The number of amides is 1. The van der Waals surface area contributed by atoms with Gasteiger partial charge >= 0.3 is 0 Å². The first kappa shape index (κ1) is 16.7. The summed E-state index contributed by atoms with van der Waals surface area (Å²) < 4.78 is 1.95. The molecule has 1 aliphatic heterocycles. The van der Waals surface area contributed by atoms with Crippen molar-refractivity contribution in [3.8, 4) is 5.69 Å². The van der Waals surface area contributed by atoms with Crippen LogP contribution in [0.3, 0.4) is 0 Å². The summed E-state index contributed by atoms with van der Waals surface area (Å²) in [7, 11) is 0. The van der Waals surface area contributed by atoms with Crippen LogP contribution in [0, 0.1) is 6.92 Å². The summed E-state index contributed by atoms with van der Waals surface area (Å²) in [5.74, 6) is 0.145. The van der Waals surface area contributed by atoms with Gasteiger partial charge in [-0.2, -0.15) is 5.10 Å². The quantitative estimate of drug-likeness (QED) is 0.465. The second-order valence-electron chi connectivity index (χ2n) is 6.83. The molecule has 0 spiro atoms. The molecule has 5 rings (SSSR count). The molecule has 0 bridgehead atoms. The molecule has 0 saturated carbocycles. The standard InChI is InChI=1S/C21H19N3OS2/c1-14-16-13-19(27-21(16)24(22-14)15-7-3-2-4-8-15)20(25)23-11-5-9-17(23)18-10-6-12-26-18/h2-4,6-8,10,12-13,17H,5,9,11H2,1H3/t17-/m0/s1. The van der Waals surface area contributed by atoms with E-state index in [4.69, 9.17) is 0 Å². The molecular formula is C21H19N3OS2. The number of hydrogen-bond acceptors (Lipinski definition) is 4. The van der Waals surface area contributed by atoms with E-state index < -0.39 is 0 Å². The lowest BCUT2D eigenvalue weighted by Crippen LogP contribution is -2.29. The number of rotatable bonds is 3. The number of aryl methyl sites for hydroxylation is 1. The third kappa shape index (κ3) is 2.80. The molecule has 1 aromatic carbocycles. The minimum atomic E-state index is 0.145. The number of nitrogens with zero attached hydrogens (tertiary/aromatic N) is 3. The van der Waals surface area contributed by atoms with Crippen LogP contribution in [0.4, 0.5) is 0 Å². The number of carbonyl (C=O) groups is 1. The molecule has 1 fully saturated rings. The molecule has 1 saturated heterocycles. The fourth-order valence-corrected chi connectivity index (χ4v) is 5.84. The van der Waals surface area contributed by atoms with Gasteiger partial charge in [-0.15, -0.1) is 22.7 Å².